The average Bonchev–Trinajstić information content (AvgIpc) is 2.66. The number of aliphatic hydroxyl groups is 1. The molecule has 0 saturated heterocycles. The van der Waals surface area contributed by atoms with Crippen LogP contribution in [0.2, 0.25) is 0 Å². The largest absolute Gasteiger partial charge is 0.479 e. The molecule has 3 N–H and O–H groups in total. The molecule has 7 nitrogen and oxygen atoms in total. The van der Waals surface area contributed by atoms with Crippen LogP contribution in [0.1, 0.15) is 23.1 Å². The van der Waals surface area contributed by atoms with Crippen molar-refractivity contribution in [3.05, 3.63) is 17.5 Å². The van der Waals surface area contributed by atoms with Crippen LogP contribution >= 0.6 is 0 Å². The Morgan fingerprint density at radius 1 is 1.59 bits per heavy atom. The van der Waals surface area contributed by atoms with E-state index in [1.54, 1.807) is 13.1 Å². The molecule has 0 aliphatic heterocycles. The van der Waals surface area contributed by atoms with Gasteiger partial charge in [0.2, 0.25) is 0 Å². The quantitative estimate of drug-likeness (QED) is 0.623. The van der Waals surface area contributed by atoms with Crippen LogP contribution in [0.15, 0.2) is 6.07 Å². The van der Waals surface area contributed by atoms with Gasteiger partial charge in [-0.25, -0.2) is 4.79 Å². The summed E-state index contributed by atoms with van der Waals surface area (Å²) in [6.45, 7) is 1.58. The Hall–Kier alpha value is -1.89. The van der Waals surface area contributed by atoms with Gasteiger partial charge in [0.25, 0.3) is 5.91 Å². The van der Waals surface area contributed by atoms with E-state index in [9.17, 15) is 9.59 Å². The molecule has 0 spiro atoms. The molecule has 1 atom stereocenters. The van der Waals surface area contributed by atoms with Gasteiger partial charge in [-0.2, -0.15) is 5.10 Å². The number of aromatic nitrogens is 2. The molecule has 1 heterocycles. The fourth-order valence-corrected chi connectivity index (χ4v) is 1.28. The molecular formula is C10H15N3O4. The van der Waals surface area contributed by atoms with Crippen LogP contribution in [-0.4, -0.2) is 44.5 Å². The Balaban J connectivity index is 2.63. The number of aliphatic carboxylic acids is 1. The van der Waals surface area contributed by atoms with E-state index in [0.29, 0.717) is 12.1 Å². The number of aryl methyl sites for hydroxylation is 2. The smallest absolute Gasteiger partial charge is 0.334 e. The van der Waals surface area contributed by atoms with Gasteiger partial charge >= 0.3 is 5.97 Å². The van der Waals surface area contributed by atoms with Crippen molar-refractivity contribution in [3.8, 4) is 0 Å². The number of hydrogen-bond donors (Lipinski definition) is 3. The van der Waals surface area contributed by atoms with E-state index in [2.05, 4.69) is 10.4 Å². The normalized spacial score (nSPS) is 12.2. The second-order valence-corrected chi connectivity index (χ2v) is 3.56. The number of rotatable bonds is 5. The van der Waals surface area contributed by atoms with Crippen molar-refractivity contribution in [2.24, 2.45) is 7.05 Å². The van der Waals surface area contributed by atoms with Crippen molar-refractivity contribution in [1.29, 1.82) is 0 Å². The summed E-state index contributed by atoms with van der Waals surface area (Å²) in [7, 11) is 1.63. The summed E-state index contributed by atoms with van der Waals surface area (Å²) in [6.07, 6.45) is -0.892. The van der Waals surface area contributed by atoms with E-state index >= 15 is 0 Å². The Morgan fingerprint density at radius 3 is 2.71 bits per heavy atom. The highest BCUT2D eigenvalue weighted by Crippen LogP contribution is 2.03. The zero-order chi connectivity index (χ0) is 13.0. The Bertz CT molecular complexity index is 427. The Kier molecular flexibility index (Phi) is 4.22. The first-order valence-electron chi connectivity index (χ1n) is 5.17. The van der Waals surface area contributed by atoms with E-state index in [1.807, 2.05) is 6.92 Å². The van der Waals surface area contributed by atoms with Crippen LogP contribution < -0.4 is 5.32 Å². The Morgan fingerprint density at radius 2 is 2.24 bits per heavy atom. The molecule has 0 saturated carbocycles. The topological polar surface area (TPSA) is 104 Å². The number of aliphatic hydroxyl groups excluding tert-OH is 1. The molecule has 17 heavy (non-hydrogen) atoms. The summed E-state index contributed by atoms with van der Waals surface area (Å²) >= 11 is 0. The maximum Gasteiger partial charge on any atom is 0.334 e. The minimum atomic E-state index is -1.60. The van der Waals surface area contributed by atoms with Gasteiger partial charge in [0.15, 0.2) is 6.10 Å². The zero-order valence-corrected chi connectivity index (χ0v) is 9.67. The van der Waals surface area contributed by atoms with Crippen LogP contribution in [0.25, 0.3) is 0 Å². The third-order valence-electron chi connectivity index (χ3n) is 2.27. The maximum atomic E-state index is 11.6. The Labute approximate surface area is 98.1 Å². The van der Waals surface area contributed by atoms with Gasteiger partial charge in [0.1, 0.15) is 5.69 Å². The number of carboxylic acids is 1. The highest BCUT2D eigenvalue weighted by molar-refractivity contribution is 5.93. The highest BCUT2D eigenvalue weighted by Gasteiger charge is 2.17. The fourth-order valence-electron chi connectivity index (χ4n) is 1.28. The molecule has 1 aromatic heterocycles. The predicted octanol–water partition coefficient (Wildman–Crippen LogP) is -0.842. The summed E-state index contributed by atoms with van der Waals surface area (Å²) in [5.41, 5.74) is 1.11. The lowest BCUT2D eigenvalue weighted by Gasteiger charge is -2.07. The fraction of sp³-hybridized carbons (Fsp3) is 0.500. The summed E-state index contributed by atoms with van der Waals surface area (Å²) < 4.78 is 1.42. The molecule has 94 valence electrons. The lowest BCUT2D eigenvalue weighted by atomic mass is 10.3. The number of carbonyl (C=O) groups excluding carboxylic acids is 1. The van der Waals surface area contributed by atoms with Crippen LogP contribution in [0.5, 0.6) is 0 Å². The first-order valence-corrected chi connectivity index (χ1v) is 5.17. The SMILES string of the molecule is CCc1cc(C(=O)NC[C@H](O)C(=O)O)n(C)n1. The molecule has 0 aromatic carbocycles. The second-order valence-electron chi connectivity index (χ2n) is 3.56. The van der Waals surface area contributed by atoms with Crippen LogP contribution in [0.4, 0.5) is 0 Å². The number of amides is 1. The zero-order valence-electron chi connectivity index (χ0n) is 9.67. The molecular weight excluding hydrogens is 226 g/mol. The second kappa shape index (κ2) is 5.44. The monoisotopic (exact) mass is 241 g/mol. The molecule has 7 heteroatoms. The number of nitrogens with one attached hydrogen (secondary N) is 1. The molecule has 0 radical (unpaired) electrons. The molecule has 0 unspecified atom stereocenters. The van der Waals surface area contributed by atoms with E-state index in [-0.39, 0.29) is 6.54 Å². The van der Waals surface area contributed by atoms with Gasteiger partial charge in [-0.3, -0.25) is 9.48 Å². The third kappa shape index (κ3) is 3.28. The van der Waals surface area contributed by atoms with Crippen molar-refractivity contribution < 1.29 is 19.8 Å². The molecule has 0 aliphatic rings. The summed E-state index contributed by atoms with van der Waals surface area (Å²) in [5, 5.41) is 23.9. The van der Waals surface area contributed by atoms with Crippen LogP contribution in [0, 0.1) is 0 Å². The molecule has 0 fully saturated rings. The molecule has 1 aromatic rings. The number of nitrogens with zero attached hydrogens (tertiary/aromatic N) is 2. The molecule has 1 rings (SSSR count). The third-order valence-corrected chi connectivity index (χ3v) is 2.27. The maximum absolute atomic E-state index is 11.6. The van der Waals surface area contributed by atoms with Gasteiger partial charge in [0.05, 0.1) is 12.2 Å². The number of carbonyl (C=O) groups is 2. The first-order chi connectivity index (χ1) is 7.95. The van der Waals surface area contributed by atoms with E-state index < -0.39 is 18.0 Å². The van der Waals surface area contributed by atoms with Gasteiger partial charge in [-0.15, -0.1) is 0 Å². The average molecular weight is 241 g/mol. The minimum absolute atomic E-state index is 0.333. The highest BCUT2D eigenvalue weighted by atomic mass is 16.4. The van der Waals surface area contributed by atoms with Crippen LogP contribution in [-0.2, 0) is 18.3 Å². The molecule has 0 bridgehead atoms. The standard InChI is InChI=1S/C10H15N3O4/c1-3-6-4-7(13(2)12-6)9(15)11-5-8(14)10(16)17/h4,8,14H,3,5H2,1-2H3,(H,11,15)(H,16,17)/t8-/m0/s1. The van der Waals surface area contributed by atoms with Crippen molar-refractivity contribution in [1.82, 2.24) is 15.1 Å². The van der Waals surface area contributed by atoms with Gasteiger partial charge in [0, 0.05) is 7.05 Å². The summed E-state index contributed by atoms with van der Waals surface area (Å²) in [6, 6.07) is 1.63. The first kappa shape index (κ1) is 13.2. The van der Waals surface area contributed by atoms with Gasteiger partial charge < -0.3 is 15.5 Å². The minimum Gasteiger partial charge on any atom is -0.479 e. The van der Waals surface area contributed by atoms with Crippen molar-refractivity contribution >= 4 is 11.9 Å². The molecule has 0 aliphatic carbocycles. The van der Waals surface area contributed by atoms with E-state index in [0.717, 1.165) is 5.69 Å². The van der Waals surface area contributed by atoms with E-state index in [4.69, 9.17) is 10.2 Å². The lowest BCUT2D eigenvalue weighted by molar-refractivity contribution is -0.146. The van der Waals surface area contributed by atoms with Crippen molar-refractivity contribution in [2.75, 3.05) is 6.54 Å². The number of carboxylic acid groups (broad SMARTS) is 1. The summed E-state index contributed by atoms with van der Waals surface area (Å²) in [4.78, 5) is 22.0. The van der Waals surface area contributed by atoms with Gasteiger partial charge in [-0.1, -0.05) is 6.92 Å². The summed E-state index contributed by atoms with van der Waals surface area (Å²) in [5.74, 6) is -1.83. The predicted molar refractivity (Wildman–Crippen MR) is 58.6 cm³/mol. The van der Waals surface area contributed by atoms with Gasteiger partial charge in [-0.05, 0) is 12.5 Å². The number of hydrogen-bond acceptors (Lipinski definition) is 4. The van der Waals surface area contributed by atoms with Crippen molar-refractivity contribution in [3.63, 3.8) is 0 Å². The van der Waals surface area contributed by atoms with Crippen LogP contribution in [0.3, 0.4) is 0 Å². The molecule has 1 amide bonds. The lowest BCUT2D eigenvalue weighted by Crippen LogP contribution is -2.37. The van der Waals surface area contributed by atoms with E-state index in [1.165, 1.54) is 4.68 Å². The van der Waals surface area contributed by atoms with Crippen molar-refractivity contribution in [2.45, 2.75) is 19.4 Å².